The number of nitrogens with one attached hydrogen (secondary N) is 2. The van der Waals surface area contributed by atoms with E-state index in [2.05, 4.69) is 10.6 Å². The average molecular weight is 290 g/mol. The first-order valence-corrected chi connectivity index (χ1v) is 7.18. The second kappa shape index (κ2) is 7.19. The number of nitrogens with two attached hydrogens (primary N) is 1. The number of likely N-dealkylation sites (N-methyl/N-ethyl adjacent to an activating group) is 1. The van der Waals surface area contributed by atoms with E-state index < -0.39 is 0 Å². The number of carbonyl (C=O) groups is 2. The molecule has 4 N–H and O–H groups in total. The zero-order valence-electron chi connectivity index (χ0n) is 12.3. The first-order valence-electron chi connectivity index (χ1n) is 7.18. The first-order chi connectivity index (χ1) is 10.1. The highest BCUT2D eigenvalue weighted by molar-refractivity contribution is 5.93. The number of nitrogens with zero attached hydrogens (tertiary/aromatic N) is 1. The monoisotopic (exact) mass is 290 g/mol. The normalized spacial score (nSPS) is 18.5. The van der Waals surface area contributed by atoms with Crippen molar-refractivity contribution in [3.63, 3.8) is 0 Å². The van der Waals surface area contributed by atoms with Gasteiger partial charge in [-0.05, 0) is 37.1 Å². The SMILES string of the molecule is CNC(=O)C1CCCN1CC(=O)Nc1ccc(CN)cc1. The molecular weight excluding hydrogens is 268 g/mol. The Morgan fingerprint density at radius 1 is 1.33 bits per heavy atom. The summed E-state index contributed by atoms with van der Waals surface area (Å²) in [5, 5.41) is 5.49. The second-order valence-corrected chi connectivity index (χ2v) is 5.19. The molecule has 0 saturated carbocycles. The van der Waals surface area contributed by atoms with E-state index in [1.807, 2.05) is 29.2 Å². The van der Waals surface area contributed by atoms with Crippen LogP contribution in [0.5, 0.6) is 0 Å². The molecule has 1 aromatic carbocycles. The molecule has 2 amide bonds. The van der Waals surface area contributed by atoms with Gasteiger partial charge in [0.15, 0.2) is 0 Å². The van der Waals surface area contributed by atoms with E-state index >= 15 is 0 Å². The summed E-state index contributed by atoms with van der Waals surface area (Å²) >= 11 is 0. The summed E-state index contributed by atoms with van der Waals surface area (Å²) in [6.45, 7) is 1.49. The summed E-state index contributed by atoms with van der Waals surface area (Å²) in [6, 6.07) is 7.25. The van der Waals surface area contributed by atoms with Gasteiger partial charge >= 0.3 is 0 Å². The average Bonchev–Trinajstić information content (AvgIpc) is 2.95. The van der Waals surface area contributed by atoms with Crippen molar-refractivity contribution in [2.24, 2.45) is 5.73 Å². The minimum atomic E-state index is -0.194. The molecule has 1 atom stereocenters. The molecule has 1 saturated heterocycles. The van der Waals surface area contributed by atoms with Crippen molar-refractivity contribution in [2.45, 2.75) is 25.4 Å². The van der Waals surface area contributed by atoms with Gasteiger partial charge in [-0.3, -0.25) is 14.5 Å². The molecule has 1 aliphatic heterocycles. The molecule has 6 nitrogen and oxygen atoms in total. The van der Waals surface area contributed by atoms with Gasteiger partial charge in [0.05, 0.1) is 12.6 Å². The van der Waals surface area contributed by atoms with E-state index in [0.717, 1.165) is 30.6 Å². The van der Waals surface area contributed by atoms with E-state index in [4.69, 9.17) is 5.73 Å². The lowest BCUT2D eigenvalue weighted by Gasteiger charge is -2.22. The summed E-state index contributed by atoms with van der Waals surface area (Å²) in [5.74, 6) is -0.126. The van der Waals surface area contributed by atoms with Gasteiger partial charge in [0, 0.05) is 19.3 Å². The zero-order valence-corrected chi connectivity index (χ0v) is 12.3. The van der Waals surface area contributed by atoms with Gasteiger partial charge in [-0.1, -0.05) is 12.1 Å². The molecule has 2 rings (SSSR count). The number of hydrogen-bond donors (Lipinski definition) is 3. The lowest BCUT2D eigenvalue weighted by atomic mass is 10.2. The van der Waals surface area contributed by atoms with Crippen molar-refractivity contribution in [1.29, 1.82) is 0 Å². The third-order valence-electron chi connectivity index (χ3n) is 3.73. The van der Waals surface area contributed by atoms with E-state index in [1.165, 1.54) is 0 Å². The van der Waals surface area contributed by atoms with Crippen LogP contribution < -0.4 is 16.4 Å². The Hall–Kier alpha value is -1.92. The van der Waals surface area contributed by atoms with E-state index in [-0.39, 0.29) is 24.4 Å². The molecule has 1 aromatic rings. The fraction of sp³-hybridized carbons (Fsp3) is 0.467. The van der Waals surface area contributed by atoms with Crippen molar-refractivity contribution in [1.82, 2.24) is 10.2 Å². The van der Waals surface area contributed by atoms with Gasteiger partial charge < -0.3 is 16.4 Å². The number of hydrogen-bond acceptors (Lipinski definition) is 4. The van der Waals surface area contributed by atoms with Crippen LogP contribution in [-0.2, 0) is 16.1 Å². The van der Waals surface area contributed by atoms with Crippen LogP contribution in [0.4, 0.5) is 5.69 Å². The summed E-state index contributed by atoms with van der Waals surface area (Å²) < 4.78 is 0. The van der Waals surface area contributed by atoms with Crippen LogP contribution >= 0.6 is 0 Å². The Morgan fingerprint density at radius 3 is 2.67 bits per heavy atom. The van der Waals surface area contributed by atoms with E-state index in [0.29, 0.717) is 6.54 Å². The molecule has 1 fully saturated rings. The third-order valence-corrected chi connectivity index (χ3v) is 3.73. The Bertz CT molecular complexity index is 501. The van der Waals surface area contributed by atoms with Crippen LogP contribution in [0, 0.1) is 0 Å². The predicted octanol–water partition coefficient (Wildman–Crippen LogP) is 0.294. The lowest BCUT2D eigenvalue weighted by molar-refractivity contribution is -0.126. The molecular formula is C15H22N4O2. The summed E-state index contributed by atoms with van der Waals surface area (Å²) in [5.41, 5.74) is 7.30. The molecule has 6 heteroatoms. The maximum atomic E-state index is 12.1. The van der Waals surface area contributed by atoms with Gasteiger partial charge in [-0.15, -0.1) is 0 Å². The highest BCUT2D eigenvalue weighted by atomic mass is 16.2. The first kappa shape index (κ1) is 15.5. The number of amides is 2. The molecule has 114 valence electrons. The van der Waals surface area contributed by atoms with Crippen molar-refractivity contribution >= 4 is 17.5 Å². The summed E-state index contributed by atoms with van der Waals surface area (Å²) in [7, 11) is 1.62. The van der Waals surface area contributed by atoms with E-state index in [9.17, 15) is 9.59 Å². The van der Waals surface area contributed by atoms with E-state index in [1.54, 1.807) is 7.05 Å². The van der Waals surface area contributed by atoms with Crippen LogP contribution in [0.1, 0.15) is 18.4 Å². The van der Waals surface area contributed by atoms with Crippen LogP contribution in [0.3, 0.4) is 0 Å². The van der Waals surface area contributed by atoms with Crippen LogP contribution in [-0.4, -0.2) is 42.9 Å². The Labute approximate surface area is 124 Å². The molecule has 0 aliphatic carbocycles. The van der Waals surface area contributed by atoms with Crippen LogP contribution in [0.2, 0.25) is 0 Å². The number of carbonyl (C=O) groups excluding carboxylic acids is 2. The standard InChI is InChI=1S/C15H22N4O2/c1-17-15(21)13-3-2-8-19(13)10-14(20)18-12-6-4-11(9-16)5-7-12/h4-7,13H,2-3,8-10,16H2,1H3,(H,17,21)(H,18,20). The van der Waals surface area contributed by atoms with Gasteiger partial charge in [0.2, 0.25) is 11.8 Å². The molecule has 1 heterocycles. The van der Waals surface area contributed by atoms with Crippen molar-refractivity contribution in [2.75, 3.05) is 25.5 Å². The fourth-order valence-electron chi connectivity index (χ4n) is 2.59. The summed E-state index contributed by atoms with van der Waals surface area (Å²) in [6.07, 6.45) is 1.74. The maximum absolute atomic E-state index is 12.1. The molecule has 1 unspecified atom stereocenters. The van der Waals surface area contributed by atoms with Crippen molar-refractivity contribution < 1.29 is 9.59 Å². The molecule has 0 aromatic heterocycles. The quantitative estimate of drug-likeness (QED) is 0.727. The van der Waals surface area contributed by atoms with Gasteiger partial charge in [-0.25, -0.2) is 0 Å². The van der Waals surface area contributed by atoms with Gasteiger partial charge in [0.25, 0.3) is 0 Å². The Morgan fingerprint density at radius 2 is 2.05 bits per heavy atom. The molecule has 21 heavy (non-hydrogen) atoms. The molecule has 0 bridgehead atoms. The second-order valence-electron chi connectivity index (χ2n) is 5.19. The van der Waals surface area contributed by atoms with Crippen LogP contribution in [0.15, 0.2) is 24.3 Å². The smallest absolute Gasteiger partial charge is 0.238 e. The van der Waals surface area contributed by atoms with Gasteiger partial charge in [0.1, 0.15) is 0 Å². The number of rotatable bonds is 5. The van der Waals surface area contributed by atoms with Gasteiger partial charge in [-0.2, -0.15) is 0 Å². The molecule has 0 spiro atoms. The highest BCUT2D eigenvalue weighted by Gasteiger charge is 2.31. The zero-order chi connectivity index (χ0) is 15.2. The van der Waals surface area contributed by atoms with Crippen LogP contribution in [0.25, 0.3) is 0 Å². The summed E-state index contributed by atoms with van der Waals surface area (Å²) in [4.78, 5) is 25.7. The topological polar surface area (TPSA) is 87.5 Å². The predicted molar refractivity (Wildman–Crippen MR) is 81.6 cm³/mol. The number of likely N-dealkylation sites (tertiary alicyclic amines) is 1. The minimum absolute atomic E-state index is 0.0207. The highest BCUT2D eigenvalue weighted by Crippen LogP contribution is 2.17. The van der Waals surface area contributed by atoms with Crippen molar-refractivity contribution in [3.05, 3.63) is 29.8 Å². The maximum Gasteiger partial charge on any atom is 0.238 e. The Balaban J connectivity index is 1.90. The van der Waals surface area contributed by atoms with Crippen molar-refractivity contribution in [3.8, 4) is 0 Å². The number of benzene rings is 1. The fourth-order valence-corrected chi connectivity index (χ4v) is 2.59. The molecule has 1 aliphatic rings. The number of anilines is 1. The third kappa shape index (κ3) is 4.03. The lowest BCUT2D eigenvalue weighted by Crippen LogP contribution is -2.45. The minimum Gasteiger partial charge on any atom is -0.358 e. The Kier molecular flexibility index (Phi) is 5.30. The molecule has 0 radical (unpaired) electrons. The largest absolute Gasteiger partial charge is 0.358 e.